The fourth-order valence-corrected chi connectivity index (χ4v) is 2.92. The van der Waals surface area contributed by atoms with Crippen LogP contribution < -0.4 is 11.1 Å². The summed E-state index contributed by atoms with van der Waals surface area (Å²) < 4.78 is 32.4. The zero-order chi connectivity index (χ0) is 19.4. The molecule has 1 atom stereocenters. The van der Waals surface area contributed by atoms with Crippen LogP contribution in [0.25, 0.3) is 0 Å². The molecule has 2 amide bonds. The first-order valence-electron chi connectivity index (χ1n) is 8.04. The zero-order valence-electron chi connectivity index (χ0n) is 15.3. The molecule has 0 aliphatic heterocycles. The van der Waals surface area contributed by atoms with E-state index in [0.29, 0.717) is 6.07 Å². The molecule has 25 heavy (non-hydrogen) atoms. The third-order valence-electron chi connectivity index (χ3n) is 4.45. The van der Waals surface area contributed by atoms with Crippen LogP contribution in [-0.4, -0.2) is 32.8 Å². The van der Waals surface area contributed by atoms with E-state index in [9.17, 15) is 18.4 Å². The summed E-state index contributed by atoms with van der Waals surface area (Å²) in [5, 5.41) is 2.41. The van der Waals surface area contributed by atoms with Crippen molar-refractivity contribution in [2.75, 3.05) is 6.61 Å². The molecule has 0 radical (unpaired) electrons. The van der Waals surface area contributed by atoms with E-state index in [0.717, 1.165) is 12.1 Å². The lowest BCUT2D eigenvalue weighted by atomic mass is 10.1. The molecule has 5 nitrogen and oxygen atoms in total. The van der Waals surface area contributed by atoms with Gasteiger partial charge in [-0.2, -0.15) is 0 Å². The highest BCUT2D eigenvalue weighted by molar-refractivity contribution is 6.74. The Kier molecular flexibility index (Phi) is 6.84. The zero-order valence-corrected chi connectivity index (χ0v) is 16.3. The lowest BCUT2D eigenvalue weighted by molar-refractivity contribution is -0.120. The summed E-state index contributed by atoms with van der Waals surface area (Å²) in [6, 6.07) is 1.46. The Labute approximate surface area is 148 Å². The fourth-order valence-electron chi connectivity index (χ4n) is 1.86. The van der Waals surface area contributed by atoms with Crippen molar-refractivity contribution in [1.82, 2.24) is 5.32 Å². The average molecular weight is 372 g/mol. The Morgan fingerprint density at radius 1 is 1.20 bits per heavy atom. The Hall–Kier alpha value is -1.80. The van der Waals surface area contributed by atoms with Crippen molar-refractivity contribution in [3.05, 3.63) is 35.4 Å². The molecule has 1 aromatic carbocycles. The summed E-state index contributed by atoms with van der Waals surface area (Å²) in [5.74, 6) is -3.25. The van der Waals surface area contributed by atoms with Gasteiger partial charge in [-0.3, -0.25) is 9.59 Å². The first kappa shape index (κ1) is 21.2. The predicted molar refractivity (Wildman–Crippen MR) is 94.6 cm³/mol. The number of hydrogen-bond acceptors (Lipinski definition) is 3. The van der Waals surface area contributed by atoms with E-state index < -0.39 is 37.8 Å². The van der Waals surface area contributed by atoms with Gasteiger partial charge in [0.05, 0.1) is 0 Å². The van der Waals surface area contributed by atoms with Gasteiger partial charge in [-0.25, -0.2) is 8.78 Å². The molecule has 0 unspecified atom stereocenters. The number of primary amides is 1. The van der Waals surface area contributed by atoms with Crippen molar-refractivity contribution in [1.29, 1.82) is 0 Å². The van der Waals surface area contributed by atoms with Gasteiger partial charge in [-0.15, -0.1) is 0 Å². The van der Waals surface area contributed by atoms with Gasteiger partial charge in [0.15, 0.2) is 8.32 Å². The smallest absolute Gasteiger partial charge is 0.252 e. The molecular formula is C17H26F2N2O3Si. The molecule has 0 fully saturated rings. The van der Waals surface area contributed by atoms with Crippen LogP contribution in [0.3, 0.4) is 0 Å². The summed E-state index contributed by atoms with van der Waals surface area (Å²) in [4.78, 5) is 23.7. The standard InChI is InChI=1S/C17H26F2N2O3Si/c1-17(2,3)25(4,5)24-7-6-14(15(20)22)21-16(23)11-8-12(18)10-13(19)9-11/h8-10,14H,6-7H2,1-5H3,(H2,20,22)(H,21,23)/t14-/m1/s1. The lowest BCUT2D eigenvalue weighted by Gasteiger charge is -2.36. The quantitative estimate of drug-likeness (QED) is 0.722. The first-order valence-corrected chi connectivity index (χ1v) is 10.9. The number of nitrogens with one attached hydrogen (secondary N) is 1. The van der Waals surface area contributed by atoms with E-state index in [2.05, 4.69) is 39.2 Å². The summed E-state index contributed by atoms with van der Waals surface area (Å²) in [7, 11) is -1.99. The minimum absolute atomic E-state index is 0.0115. The van der Waals surface area contributed by atoms with Crippen LogP contribution in [0.15, 0.2) is 18.2 Å². The molecular weight excluding hydrogens is 346 g/mol. The van der Waals surface area contributed by atoms with Gasteiger partial charge in [0, 0.05) is 18.2 Å². The number of halogens is 2. The number of rotatable bonds is 7. The van der Waals surface area contributed by atoms with Gasteiger partial charge in [-0.05, 0) is 36.7 Å². The summed E-state index contributed by atoms with van der Waals surface area (Å²) in [5.41, 5.74) is 5.10. The SMILES string of the molecule is CC(C)(C)[Si](C)(C)OCC[C@@H](NC(=O)c1cc(F)cc(F)c1)C(N)=O. The molecule has 1 rings (SSSR count). The molecule has 0 aliphatic rings. The van der Waals surface area contributed by atoms with Gasteiger partial charge in [-0.1, -0.05) is 20.8 Å². The Morgan fingerprint density at radius 2 is 1.72 bits per heavy atom. The molecule has 0 saturated heterocycles. The average Bonchev–Trinajstić information content (AvgIpc) is 2.43. The van der Waals surface area contributed by atoms with Gasteiger partial charge >= 0.3 is 0 Å². The maximum absolute atomic E-state index is 13.2. The van der Waals surface area contributed by atoms with Crippen LogP contribution in [0.5, 0.6) is 0 Å². The third-order valence-corrected chi connectivity index (χ3v) is 8.99. The second-order valence-corrected chi connectivity index (χ2v) is 12.3. The van der Waals surface area contributed by atoms with Gasteiger partial charge in [0.25, 0.3) is 5.91 Å². The minimum atomic E-state index is -1.99. The molecule has 0 aromatic heterocycles. The number of nitrogens with two attached hydrogens (primary N) is 1. The van der Waals surface area contributed by atoms with E-state index in [1.165, 1.54) is 0 Å². The Morgan fingerprint density at radius 3 is 2.16 bits per heavy atom. The Balaban J connectivity index is 2.72. The molecule has 0 bridgehead atoms. The van der Waals surface area contributed by atoms with Crippen molar-refractivity contribution in [2.24, 2.45) is 5.73 Å². The molecule has 0 aliphatic carbocycles. The molecule has 140 valence electrons. The van der Waals surface area contributed by atoms with Crippen molar-refractivity contribution >= 4 is 20.1 Å². The fraction of sp³-hybridized carbons (Fsp3) is 0.529. The monoisotopic (exact) mass is 372 g/mol. The maximum Gasteiger partial charge on any atom is 0.252 e. The second kappa shape index (κ2) is 8.05. The van der Waals surface area contributed by atoms with Gasteiger partial charge in [0.2, 0.25) is 5.91 Å². The first-order chi connectivity index (χ1) is 11.3. The number of hydrogen-bond donors (Lipinski definition) is 2. The lowest BCUT2D eigenvalue weighted by Crippen LogP contribution is -2.47. The second-order valence-electron chi connectivity index (χ2n) is 7.48. The van der Waals surface area contributed by atoms with Gasteiger partial charge < -0.3 is 15.5 Å². The largest absolute Gasteiger partial charge is 0.417 e. The molecule has 3 N–H and O–H groups in total. The van der Waals surface area contributed by atoms with E-state index in [-0.39, 0.29) is 23.6 Å². The van der Waals surface area contributed by atoms with E-state index in [1.54, 1.807) is 0 Å². The topological polar surface area (TPSA) is 81.4 Å². The highest BCUT2D eigenvalue weighted by Crippen LogP contribution is 2.36. The molecule has 0 spiro atoms. The van der Waals surface area contributed by atoms with E-state index in [4.69, 9.17) is 10.2 Å². The normalized spacial score (nSPS) is 13.4. The number of carbonyl (C=O) groups excluding carboxylic acids is 2. The summed E-state index contributed by atoms with van der Waals surface area (Å²) >= 11 is 0. The van der Waals surface area contributed by atoms with Crippen LogP contribution in [0.2, 0.25) is 18.1 Å². The summed E-state index contributed by atoms with van der Waals surface area (Å²) in [6.45, 7) is 10.7. The van der Waals surface area contributed by atoms with Crippen molar-refractivity contribution in [2.45, 2.75) is 51.4 Å². The van der Waals surface area contributed by atoms with E-state index in [1.807, 2.05) is 0 Å². The Bertz CT molecular complexity index is 625. The van der Waals surface area contributed by atoms with Gasteiger partial charge in [0.1, 0.15) is 17.7 Å². The van der Waals surface area contributed by atoms with Crippen molar-refractivity contribution < 1.29 is 22.8 Å². The highest BCUT2D eigenvalue weighted by atomic mass is 28.4. The predicted octanol–water partition coefficient (Wildman–Crippen LogP) is 2.96. The molecule has 0 saturated carbocycles. The molecule has 1 aromatic rings. The van der Waals surface area contributed by atoms with Crippen molar-refractivity contribution in [3.8, 4) is 0 Å². The minimum Gasteiger partial charge on any atom is -0.417 e. The maximum atomic E-state index is 13.2. The van der Waals surface area contributed by atoms with Crippen LogP contribution in [0.1, 0.15) is 37.6 Å². The van der Waals surface area contributed by atoms with Crippen LogP contribution in [-0.2, 0) is 9.22 Å². The third kappa shape index (κ3) is 6.21. The summed E-state index contributed by atoms with van der Waals surface area (Å²) in [6.07, 6.45) is 0.186. The number of amides is 2. The molecule has 8 heteroatoms. The van der Waals surface area contributed by atoms with Crippen molar-refractivity contribution in [3.63, 3.8) is 0 Å². The van der Waals surface area contributed by atoms with Crippen LogP contribution in [0.4, 0.5) is 8.78 Å². The number of carbonyl (C=O) groups is 2. The van der Waals surface area contributed by atoms with Crippen LogP contribution in [0, 0.1) is 11.6 Å². The van der Waals surface area contributed by atoms with E-state index >= 15 is 0 Å². The van der Waals surface area contributed by atoms with Crippen LogP contribution >= 0.6 is 0 Å². The number of benzene rings is 1. The molecule has 0 heterocycles. The highest BCUT2D eigenvalue weighted by Gasteiger charge is 2.37.